The van der Waals surface area contributed by atoms with Crippen LogP contribution in [0.1, 0.15) is 12.0 Å². The first kappa shape index (κ1) is 13.5. The average Bonchev–Trinajstić information content (AvgIpc) is 2.25. The van der Waals surface area contributed by atoms with Gasteiger partial charge in [0.1, 0.15) is 0 Å². The van der Waals surface area contributed by atoms with E-state index in [0.29, 0.717) is 6.07 Å². The van der Waals surface area contributed by atoms with Gasteiger partial charge < -0.3 is 0 Å². The smallest absolute Gasteiger partial charge is 0.224 e. The van der Waals surface area contributed by atoms with Crippen molar-refractivity contribution in [3.8, 4) is 6.07 Å². The molecule has 0 heterocycles. The molecule has 1 aromatic rings. The molecule has 1 aromatic carbocycles. The zero-order valence-electron chi connectivity index (χ0n) is 8.53. The fourth-order valence-electron chi connectivity index (χ4n) is 1.26. The Morgan fingerprint density at radius 3 is 2.35 bits per heavy atom. The van der Waals surface area contributed by atoms with E-state index in [0.717, 1.165) is 12.1 Å². The summed E-state index contributed by atoms with van der Waals surface area (Å²) >= 11 is 0. The van der Waals surface area contributed by atoms with Crippen LogP contribution in [0.15, 0.2) is 29.2 Å². The van der Waals surface area contributed by atoms with Crippen LogP contribution in [-0.4, -0.2) is 14.2 Å². The van der Waals surface area contributed by atoms with Crippen molar-refractivity contribution < 1.29 is 21.6 Å². The molecule has 0 bridgehead atoms. The number of alkyl halides is 3. The lowest BCUT2D eigenvalue weighted by Crippen LogP contribution is -2.15. The first-order valence-electron chi connectivity index (χ1n) is 4.55. The highest BCUT2D eigenvalue weighted by Crippen LogP contribution is 2.34. The number of hydrogen-bond acceptors (Lipinski definition) is 3. The molecule has 0 unspecified atom stereocenters. The summed E-state index contributed by atoms with van der Waals surface area (Å²) in [4.78, 5) is -0.775. The lowest BCUT2D eigenvalue weighted by atomic mass is 10.2. The third-order valence-electron chi connectivity index (χ3n) is 2.01. The molecule has 0 aromatic heterocycles. The van der Waals surface area contributed by atoms with E-state index in [1.807, 2.05) is 0 Å². The van der Waals surface area contributed by atoms with Gasteiger partial charge >= 0.3 is 6.18 Å². The van der Waals surface area contributed by atoms with E-state index in [1.54, 1.807) is 6.07 Å². The summed E-state index contributed by atoms with van der Waals surface area (Å²) in [6, 6.07) is 5.53. The molecule has 0 N–H and O–H groups in total. The standard InChI is InChI=1S/C10H8F3NO2S/c11-10(12,13)8-4-1-2-5-9(8)17(15,16)7-3-6-14/h1-2,4-5H,3,7H2. The van der Waals surface area contributed by atoms with Gasteiger partial charge in [-0.05, 0) is 12.1 Å². The number of nitriles is 1. The van der Waals surface area contributed by atoms with E-state index in [-0.39, 0.29) is 6.42 Å². The predicted molar refractivity (Wildman–Crippen MR) is 53.7 cm³/mol. The van der Waals surface area contributed by atoms with Crippen LogP contribution in [0.25, 0.3) is 0 Å². The molecule has 0 aliphatic heterocycles. The SMILES string of the molecule is N#CCCS(=O)(=O)c1ccccc1C(F)(F)F. The van der Waals surface area contributed by atoms with Gasteiger partial charge in [-0.1, -0.05) is 12.1 Å². The van der Waals surface area contributed by atoms with E-state index < -0.39 is 32.2 Å². The molecule has 17 heavy (non-hydrogen) atoms. The van der Waals surface area contributed by atoms with Gasteiger partial charge in [0.2, 0.25) is 0 Å². The van der Waals surface area contributed by atoms with Crippen LogP contribution in [0.2, 0.25) is 0 Å². The highest BCUT2D eigenvalue weighted by Gasteiger charge is 2.36. The summed E-state index contributed by atoms with van der Waals surface area (Å²) in [5, 5.41) is 8.27. The van der Waals surface area contributed by atoms with Crippen molar-refractivity contribution in [2.75, 3.05) is 5.75 Å². The Labute approximate surface area is 96.4 Å². The fraction of sp³-hybridized carbons (Fsp3) is 0.300. The molecule has 3 nitrogen and oxygen atoms in total. The first-order chi connectivity index (χ1) is 7.79. The van der Waals surface area contributed by atoms with E-state index >= 15 is 0 Å². The molecule has 92 valence electrons. The fourth-order valence-corrected chi connectivity index (χ4v) is 2.65. The maximum atomic E-state index is 12.6. The zero-order chi connectivity index (χ0) is 13.1. The summed E-state index contributed by atoms with van der Waals surface area (Å²) in [6.07, 6.45) is -5.06. The van der Waals surface area contributed by atoms with Crippen molar-refractivity contribution in [3.05, 3.63) is 29.8 Å². The Bertz CT molecular complexity index is 543. The number of sulfone groups is 1. The molecule has 0 spiro atoms. The summed E-state index contributed by atoms with van der Waals surface area (Å²) in [5.74, 6) is -0.614. The minimum absolute atomic E-state index is 0.339. The van der Waals surface area contributed by atoms with Crippen LogP contribution >= 0.6 is 0 Å². The Morgan fingerprint density at radius 1 is 1.24 bits per heavy atom. The zero-order valence-corrected chi connectivity index (χ0v) is 9.35. The lowest BCUT2D eigenvalue weighted by molar-refractivity contribution is -0.139. The number of benzene rings is 1. The van der Waals surface area contributed by atoms with Crippen LogP contribution in [0.3, 0.4) is 0 Å². The largest absolute Gasteiger partial charge is 0.417 e. The average molecular weight is 263 g/mol. The molecule has 0 radical (unpaired) electrons. The van der Waals surface area contributed by atoms with Gasteiger partial charge in [0, 0.05) is 6.42 Å². The normalized spacial score (nSPS) is 12.1. The maximum absolute atomic E-state index is 12.6. The van der Waals surface area contributed by atoms with Crippen molar-refractivity contribution in [2.24, 2.45) is 0 Å². The molecule has 7 heteroatoms. The van der Waals surface area contributed by atoms with Crippen LogP contribution in [0, 0.1) is 11.3 Å². The monoisotopic (exact) mass is 263 g/mol. The van der Waals surface area contributed by atoms with Gasteiger partial charge in [0.15, 0.2) is 9.84 Å². The van der Waals surface area contributed by atoms with Crippen molar-refractivity contribution in [1.29, 1.82) is 5.26 Å². The van der Waals surface area contributed by atoms with E-state index in [2.05, 4.69) is 0 Å². The first-order valence-corrected chi connectivity index (χ1v) is 6.20. The molecule has 0 amide bonds. The minimum atomic E-state index is -4.73. The van der Waals surface area contributed by atoms with Gasteiger partial charge in [-0.2, -0.15) is 18.4 Å². The van der Waals surface area contributed by atoms with E-state index in [4.69, 9.17) is 5.26 Å². The van der Waals surface area contributed by atoms with Crippen LogP contribution in [0.4, 0.5) is 13.2 Å². The molecule has 0 saturated heterocycles. The van der Waals surface area contributed by atoms with Crippen LogP contribution in [-0.2, 0) is 16.0 Å². The summed E-state index contributed by atoms with van der Waals surface area (Å²) < 4.78 is 60.9. The number of halogens is 3. The second-order valence-electron chi connectivity index (χ2n) is 3.22. The Kier molecular flexibility index (Phi) is 3.78. The number of nitrogens with zero attached hydrogens (tertiary/aromatic N) is 1. The number of hydrogen-bond donors (Lipinski definition) is 0. The van der Waals surface area contributed by atoms with Crippen LogP contribution < -0.4 is 0 Å². The Hall–Kier alpha value is -1.55. The molecule has 0 fully saturated rings. The molecule has 1 rings (SSSR count). The molecule has 0 saturated carbocycles. The third kappa shape index (κ3) is 3.20. The quantitative estimate of drug-likeness (QED) is 0.841. The van der Waals surface area contributed by atoms with Crippen molar-refractivity contribution >= 4 is 9.84 Å². The van der Waals surface area contributed by atoms with Gasteiger partial charge in [-0.15, -0.1) is 0 Å². The predicted octanol–water partition coefficient (Wildman–Crippen LogP) is 2.39. The molecule has 0 aliphatic carbocycles. The maximum Gasteiger partial charge on any atom is 0.417 e. The highest BCUT2D eigenvalue weighted by atomic mass is 32.2. The topological polar surface area (TPSA) is 57.9 Å². The summed E-state index contributed by atoms with van der Waals surface area (Å²) in [5.41, 5.74) is -1.20. The van der Waals surface area contributed by atoms with Gasteiger partial charge in [0.05, 0.1) is 22.3 Å². The molecule has 0 aliphatic rings. The van der Waals surface area contributed by atoms with Crippen molar-refractivity contribution in [2.45, 2.75) is 17.5 Å². The Balaban J connectivity index is 3.29. The molecular weight excluding hydrogens is 255 g/mol. The second-order valence-corrected chi connectivity index (χ2v) is 5.30. The van der Waals surface area contributed by atoms with Gasteiger partial charge in [-0.25, -0.2) is 8.42 Å². The van der Waals surface area contributed by atoms with E-state index in [1.165, 1.54) is 6.07 Å². The molecular formula is C10H8F3NO2S. The van der Waals surface area contributed by atoms with Gasteiger partial charge in [0.25, 0.3) is 0 Å². The third-order valence-corrected chi connectivity index (χ3v) is 3.78. The molecule has 0 atom stereocenters. The Morgan fingerprint density at radius 2 is 1.82 bits per heavy atom. The highest BCUT2D eigenvalue weighted by molar-refractivity contribution is 7.91. The van der Waals surface area contributed by atoms with Crippen LogP contribution in [0.5, 0.6) is 0 Å². The van der Waals surface area contributed by atoms with Crippen molar-refractivity contribution in [3.63, 3.8) is 0 Å². The summed E-state index contributed by atoms with van der Waals surface area (Å²) in [6.45, 7) is 0. The second kappa shape index (κ2) is 4.75. The van der Waals surface area contributed by atoms with E-state index in [9.17, 15) is 21.6 Å². The summed E-state index contributed by atoms with van der Waals surface area (Å²) in [7, 11) is -4.08. The van der Waals surface area contributed by atoms with Crippen molar-refractivity contribution in [1.82, 2.24) is 0 Å². The van der Waals surface area contributed by atoms with Gasteiger partial charge in [-0.3, -0.25) is 0 Å². The lowest BCUT2D eigenvalue weighted by Gasteiger charge is -2.12. The minimum Gasteiger partial charge on any atom is -0.224 e. The number of rotatable bonds is 3.